The number of carbonyl (C=O) groups excluding carboxylic acids is 1. The van der Waals surface area contributed by atoms with Gasteiger partial charge in [0, 0.05) is 16.0 Å². The van der Waals surface area contributed by atoms with Crippen molar-refractivity contribution in [1.29, 1.82) is 0 Å². The SMILES string of the molecule is O=C(Nc1ccc(C(F)(F)F)cc1F)C1CCCC(c2ccc(-c3cccc4sccc34)cc2)C1. The Balaban J connectivity index is 1.28. The number of alkyl halides is 3. The average Bonchev–Trinajstić information content (AvgIpc) is 3.34. The topological polar surface area (TPSA) is 29.1 Å². The van der Waals surface area contributed by atoms with Gasteiger partial charge in [0.15, 0.2) is 0 Å². The number of hydrogen-bond acceptors (Lipinski definition) is 2. The van der Waals surface area contributed by atoms with Gasteiger partial charge in [-0.1, -0.05) is 42.8 Å². The van der Waals surface area contributed by atoms with Gasteiger partial charge in [-0.25, -0.2) is 4.39 Å². The lowest BCUT2D eigenvalue weighted by atomic mass is 9.77. The fourth-order valence-corrected chi connectivity index (χ4v) is 5.75. The van der Waals surface area contributed by atoms with Crippen LogP contribution in [-0.2, 0) is 11.0 Å². The molecular weight excluding hydrogens is 474 g/mol. The number of carbonyl (C=O) groups is 1. The number of halogens is 4. The van der Waals surface area contributed by atoms with E-state index in [-0.39, 0.29) is 23.4 Å². The Hall–Kier alpha value is -3.19. The number of thiophene rings is 1. The van der Waals surface area contributed by atoms with E-state index in [0.29, 0.717) is 18.9 Å². The molecule has 1 amide bonds. The zero-order valence-electron chi connectivity index (χ0n) is 18.7. The van der Waals surface area contributed by atoms with Crippen molar-refractivity contribution in [3.63, 3.8) is 0 Å². The van der Waals surface area contributed by atoms with Crippen LogP contribution >= 0.6 is 11.3 Å². The van der Waals surface area contributed by atoms with E-state index in [2.05, 4.69) is 59.2 Å². The Labute approximate surface area is 204 Å². The number of amides is 1. The highest BCUT2D eigenvalue weighted by Crippen LogP contribution is 2.39. The fraction of sp³-hybridized carbons (Fsp3) is 0.250. The van der Waals surface area contributed by atoms with Crippen molar-refractivity contribution in [2.24, 2.45) is 5.92 Å². The predicted octanol–water partition coefficient (Wildman–Crippen LogP) is 8.64. The largest absolute Gasteiger partial charge is 0.416 e. The summed E-state index contributed by atoms with van der Waals surface area (Å²) in [4.78, 5) is 12.8. The summed E-state index contributed by atoms with van der Waals surface area (Å²) in [5.41, 5.74) is 2.18. The molecule has 1 fully saturated rings. The summed E-state index contributed by atoms with van der Waals surface area (Å²) in [6.45, 7) is 0. The highest BCUT2D eigenvalue weighted by molar-refractivity contribution is 7.17. The van der Waals surface area contributed by atoms with Crippen LogP contribution in [0.3, 0.4) is 0 Å². The number of hydrogen-bond donors (Lipinski definition) is 1. The molecule has 1 aromatic heterocycles. The lowest BCUT2D eigenvalue weighted by Gasteiger charge is -2.29. The summed E-state index contributed by atoms with van der Waals surface area (Å²) < 4.78 is 53.8. The van der Waals surface area contributed by atoms with Crippen LogP contribution in [0.2, 0.25) is 0 Å². The van der Waals surface area contributed by atoms with Gasteiger partial charge in [-0.05, 0) is 77.6 Å². The van der Waals surface area contributed by atoms with Gasteiger partial charge in [-0.2, -0.15) is 13.2 Å². The van der Waals surface area contributed by atoms with E-state index >= 15 is 0 Å². The second kappa shape index (κ2) is 9.46. The van der Waals surface area contributed by atoms with E-state index in [0.717, 1.165) is 36.1 Å². The minimum Gasteiger partial charge on any atom is -0.323 e. The van der Waals surface area contributed by atoms with Crippen LogP contribution in [0.15, 0.2) is 72.1 Å². The van der Waals surface area contributed by atoms with Crippen molar-refractivity contribution in [2.75, 3.05) is 5.32 Å². The standard InChI is InChI=1S/C28H23F4NOS/c29-24-16-21(28(30,31)32)11-12-25(24)33-27(34)20-4-1-3-19(15-20)17-7-9-18(10-8-17)22-5-2-6-26-23(22)13-14-35-26/h2,5-14,16,19-20H,1,3-4,15H2,(H,33,34). The fourth-order valence-electron chi connectivity index (χ4n) is 4.94. The minimum atomic E-state index is -4.63. The zero-order chi connectivity index (χ0) is 24.6. The summed E-state index contributed by atoms with van der Waals surface area (Å²) in [5.74, 6) is -1.57. The molecule has 0 radical (unpaired) electrons. The molecule has 2 nitrogen and oxygen atoms in total. The minimum absolute atomic E-state index is 0.197. The normalized spacial score (nSPS) is 18.5. The van der Waals surface area contributed by atoms with Crippen molar-refractivity contribution in [1.82, 2.24) is 0 Å². The lowest BCUT2D eigenvalue weighted by molar-refractivity contribution is -0.137. The molecule has 0 bridgehead atoms. The van der Waals surface area contributed by atoms with E-state index in [1.54, 1.807) is 11.3 Å². The van der Waals surface area contributed by atoms with Gasteiger partial charge in [0.05, 0.1) is 11.3 Å². The Kier molecular flexibility index (Phi) is 6.36. The number of benzene rings is 3. The Bertz CT molecular complexity index is 1360. The molecule has 0 saturated heterocycles. The van der Waals surface area contributed by atoms with Crippen LogP contribution in [0.25, 0.3) is 21.2 Å². The molecule has 0 aliphatic heterocycles. The number of fused-ring (bicyclic) bond motifs is 1. The van der Waals surface area contributed by atoms with Crippen LogP contribution < -0.4 is 5.32 Å². The molecular formula is C28H23F4NOS. The number of nitrogens with one attached hydrogen (secondary N) is 1. The molecule has 35 heavy (non-hydrogen) atoms. The molecule has 180 valence electrons. The van der Waals surface area contributed by atoms with Crippen molar-refractivity contribution < 1.29 is 22.4 Å². The van der Waals surface area contributed by atoms with E-state index in [9.17, 15) is 22.4 Å². The monoisotopic (exact) mass is 497 g/mol. The highest BCUT2D eigenvalue weighted by atomic mass is 32.1. The molecule has 1 aliphatic rings. The average molecular weight is 498 g/mol. The van der Waals surface area contributed by atoms with Crippen molar-refractivity contribution in [2.45, 2.75) is 37.8 Å². The summed E-state index contributed by atoms with van der Waals surface area (Å²) in [6, 6.07) is 19.0. The first kappa shape index (κ1) is 23.5. The molecule has 2 unspecified atom stereocenters. The highest BCUT2D eigenvalue weighted by Gasteiger charge is 2.32. The Morgan fingerprint density at radius 1 is 0.971 bits per heavy atom. The quantitative estimate of drug-likeness (QED) is 0.281. The van der Waals surface area contributed by atoms with Crippen molar-refractivity contribution >= 4 is 33.0 Å². The first-order valence-electron chi connectivity index (χ1n) is 11.5. The molecule has 5 rings (SSSR count). The second-order valence-electron chi connectivity index (χ2n) is 9.00. The van der Waals surface area contributed by atoms with Crippen molar-refractivity contribution in [3.05, 3.63) is 89.1 Å². The second-order valence-corrected chi connectivity index (χ2v) is 9.95. The van der Waals surface area contributed by atoms with Crippen molar-refractivity contribution in [3.8, 4) is 11.1 Å². The van der Waals surface area contributed by atoms with Crippen LogP contribution in [0.1, 0.15) is 42.7 Å². The molecule has 1 N–H and O–H groups in total. The molecule has 0 spiro atoms. The lowest BCUT2D eigenvalue weighted by Crippen LogP contribution is -2.28. The number of anilines is 1. The van der Waals surface area contributed by atoms with Crippen LogP contribution in [-0.4, -0.2) is 5.91 Å². The van der Waals surface area contributed by atoms with E-state index in [1.165, 1.54) is 15.6 Å². The zero-order valence-corrected chi connectivity index (χ0v) is 19.6. The van der Waals surface area contributed by atoms with Gasteiger partial charge in [0.25, 0.3) is 0 Å². The summed E-state index contributed by atoms with van der Waals surface area (Å²) in [7, 11) is 0. The van der Waals surface area contributed by atoms with Crippen LogP contribution in [0.4, 0.5) is 23.2 Å². The smallest absolute Gasteiger partial charge is 0.323 e. The molecule has 3 aromatic carbocycles. The third kappa shape index (κ3) is 4.96. The molecule has 4 aromatic rings. The van der Waals surface area contributed by atoms with E-state index < -0.39 is 17.6 Å². The van der Waals surface area contributed by atoms with Crippen LogP contribution in [0.5, 0.6) is 0 Å². The summed E-state index contributed by atoms with van der Waals surface area (Å²) >= 11 is 1.72. The Morgan fingerprint density at radius 2 is 1.77 bits per heavy atom. The van der Waals surface area contributed by atoms with Gasteiger partial charge in [-0.3, -0.25) is 4.79 Å². The van der Waals surface area contributed by atoms with Gasteiger partial charge < -0.3 is 5.32 Å². The molecule has 7 heteroatoms. The first-order chi connectivity index (χ1) is 16.8. The predicted molar refractivity (Wildman–Crippen MR) is 132 cm³/mol. The maximum absolute atomic E-state index is 14.2. The van der Waals surface area contributed by atoms with E-state index in [1.807, 2.05) is 0 Å². The molecule has 1 saturated carbocycles. The maximum atomic E-state index is 14.2. The van der Waals surface area contributed by atoms with E-state index in [4.69, 9.17) is 0 Å². The third-order valence-corrected chi connectivity index (χ3v) is 7.67. The van der Waals surface area contributed by atoms with Gasteiger partial charge >= 0.3 is 6.18 Å². The van der Waals surface area contributed by atoms with Gasteiger partial charge in [-0.15, -0.1) is 11.3 Å². The molecule has 1 aliphatic carbocycles. The van der Waals surface area contributed by atoms with Crippen LogP contribution in [0, 0.1) is 11.7 Å². The first-order valence-corrected chi connectivity index (χ1v) is 12.4. The maximum Gasteiger partial charge on any atom is 0.416 e. The summed E-state index contributed by atoms with van der Waals surface area (Å²) in [6.07, 6.45) is -1.53. The number of rotatable bonds is 4. The molecule has 2 atom stereocenters. The van der Waals surface area contributed by atoms with Gasteiger partial charge in [0.2, 0.25) is 5.91 Å². The Morgan fingerprint density at radius 3 is 2.51 bits per heavy atom. The summed E-state index contributed by atoms with van der Waals surface area (Å²) in [5, 5.41) is 5.82. The molecule has 1 heterocycles. The van der Waals surface area contributed by atoms with Gasteiger partial charge in [0.1, 0.15) is 5.82 Å². The third-order valence-electron chi connectivity index (χ3n) is 6.79.